The fourth-order valence-corrected chi connectivity index (χ4v) is 2.94. The monoisotopic (exact) mass is 342 g/mol. The van der Waals surface area contributed by atoms with E-state index in [4.69, 9.17) is 11.2 Å². The number of carbonyl (C=O) groups is 1. The van der Waals surface area contributed by atoms with Crippen LogP contribution in [0.5, 0.6) is 5.75 Å². The summed E-state index contributed by atoms with van der Waals surface area (Å²) in [4.78, 5) is 15.2. The molecular weight excluding hydrogens is 320 g/mol. The van der Waals surface area contributed by atoms with E-state index in [1.807, 2.05) is 53.6 Å². The first kappa shape index (κ1) is 17.9. The first-order valence-electron chi connectivity index (χ1n) is 7.93. The predicted octanol–water partition coefficient (Wildman–Crippen LogP) is 3.53. The van der Waals surface area contributed by atoms with Crippen LogP contribution in [0.25, 0.3) is 0 Å². The zero-order valence-electron chi connectivity index (χ0n) is 13.8. The van der Waals surface area contributed by atoms with Crippen LogP contribution in [-0.4, -0.2) is 30.6 Å². The third-order valence-electron chi connectivity index (χ3n) is 3.53. The van der Waals surface area contributed by atoms with Gasteiger partial charge in [-0.05, 0) is 42.5 Å². The Balaban J connectivity index is 1.76. The molecule has 126 valence electrons. The summed E-state index contributed by atoms with van der Waals surface area (Å²) in [6.45, 7) is 4.20. The molecular formula is C19H22N2O2S. The number of nitrogens with zero attached hydrogens (tertiary/aromatic N) is 1. The van der Waals surface area contributed by atoms with Gasteiger partial charge >= 0.3 is 6.03 Å². The second kappa shape index (κ2) is 9.64. The summed E-state index contributed by atoms with van der Waals surface area (Å²) in [6.07, 6.45) is 5.94. The first-order valence-corrected chi connectivity index (χ1v) is 8.81. The van der Waals surface area contributed by atoms with Gasteiger partial charge in [0.2, 0.25) is 0 Å². The molecule has 0 aliphatic carbocycles. The summed E-state index contributed by atoms with van der Waals surface area (Å²) in [5, 5.41) is 5.00. The Morgan fingerprint density at radius 2 is 2.12 bits per heavy atom. The van der Waals surface area contributed by atoms with Crippen molar-refractivity contribution in [2.45, 2.75) is 19.9 Å². The minimum Gasteiger partial charge on any atom is -0.481 e. The van der Waals surface area contributed by atoms with Crippen molar-refractivity contribution in [3.8, 4) is 18.1 Å². The minimum atomic E-state index is -0.0279. The molecule has 0 aliphatic heterocycles. The lowest BCUT2D eigenvalue weighted by Gasteiger charge is -2.20. The molecule has 24 heavy (non-hydrogen) atoms. The summed E-state index contributed by atoms with van der Waals surface area (Å²) in [7, 11) is 0. The van der Waals surface area contributed by atoms with Crippen molar-refractivity contribution in [2.75, 3.05) is 19.7 Å². The second-order valence-corrected chi connectivity index (χ2v) is 6.24. The fraction of sp³-hybridized carbons (Fsp3) is 0.316. The van der Waals surface area contributed by atoms with Crippen molar-refractivity contribution >= 4 is 17.4 Å². The molecule has 5 heteroatoms. The number of urea groups is 1. The van der Waals surface area contributed by atoms with Crippen LogP contribution >= 0.6 is 11.3 Å². The van der Waals surface area contributed by atoms with Gasteiger partial charge in [-0.25, -0.2) is 4.79 Å². The lowest BCUT2D eigenvalue weighted by Crippen LogP contribution is -2.40. The van der Waals surface area contributed by atoms with Crippen LogP contribution in [-0.2, 0) is 13.0 Å². The van der Waals surface area contributed by atoms with Gasteiger partial charge in [-0.3, -0.25) is 0 Å². The number of benzene rings is 1. The molecule has 2 rings (SSSR count). The number of amides is 2. The lowest BCUT2D eigenvalue weighted by molar-refractivity contribution is 0.199. The quantitative estimate of drug-likeness (QED) is 0.746. The van der Waals surface area contributed by atoms with Crippen LogP contribution in [0.2, 0.25) is 0 Å². The Hall–Kier alpha value is -2.45. The van der Waals surface area contributed by atoms with E-state index in [2.05, 4.69) is 11.2 Å². The maximum atomic E-state index is 12.2. The Morgan fingerprint density at radius 3 is 2.75 bits per heavy atom. The molecule has 0 aliphatic rings. The van der Waals surface area contributed by atoms with E-state index in [1.165, 1.54) is 4.88 Å². The highest BCUT2D eigenvalue weighted by molar-refractivity contribution is 7.09. The lowest BCUT2D eigenvalue weighted by atomic mass is 10.1. The summed E-state index contributed by atoms with van der Waals surface area (Å²) in [5.41, 5.74) is 1.14. The van der Waals surface area contributed by atoms with Crippen molar-refractivity contribution in [1.82, 2.24) is 10.2 Å². The van der Waals surface area contributed by atoms with Gasteiger partial charge in [-0.1, -0.05) is 24.1 Å². The average molecular weight is 342 g/mol. The van der Waals surface area contributed by atoms with Gasteiger partial charge in [0.1, 0.15) is 12.4 Å². The van der Waals surface area contributed by atoms with Crippen LogP contribution < -0.4 is 10.1 Å². The van der Waals surface area contributed by atoms with Crippen LogP contribution in [0.3, 0.4) is 0 Å². The SMILES string of the molecule is C#CCOc1ccc(CCNC(=O)N(CC)Cc2cccs2)cc1. The molecule has 0 bridgehead atoms. The Labute approximate surface area is 147 Å². The molecule has 0 spiro atoms. The average Bonchev–Trinajstić information content (AvgIpc) is 3.12. The Bertz CT molecular complexity index is 660. The number of carbonyl (C=O) groups excluding carboxylic acids is 1. The topological polar surface area (TPSA) is 41.6 Å². The van der Waals surface area contributed by atoms with Crippen molar-refractivity contribution in [3.63, 3.8) is 0 Å². The summed E-state index contributed by atoms with van der Waals surface area (Å²) < 4.78 is 5.34. The number of terminal acetylenes is 1. The van der Waals surface area contributed by atoms with Crippen LogP contribution in [0.15, 0.2) is 41.8 Å². The molecule has 0 saturated carbocycles. The highest BCUT2D eigenvalue weighted by Crippen LogP contribution is 2.13. The van der Waals surface area contributed by atoms with E-state index in [0.29, 0.717) is 19.6 Å². The molecule has 1 N–H and O–H groups in total. The molecule has 0 radical (unpaired) electrons. The second-order valence-electron chi connectivity index (χ2n) is 5.21. The van der Waals surface area contributed by atoms with Gasteiger partial charge in [0.25, 0.3) is 0 Å². The predicted molar refractivity (Wildman–Crippen MR) is 98.3 cm³/mol. The molecule has 1 aromatic heterocycles. The van der Waals surface area contributed by atoms with E-state index < -0.39 is 0 Å². The van der Waals surface area contributed by atoms with Gasteiger partial charge in [0.15, 0.2) is 0 Å². The normalized spacial score (nSPS) is 10.0. The number of hydrogen-bond acceptors (Lipinski definition) is 3. The molecule has 0 fully saturated rings. The molecule has 0 saturated heterocycles. The largest absolute Gasteiger partial charge is 0.481 e. The van der Waals surface area contributed by atoms with Crippen LogP contribution in [0.4, 0.5) is 4.79 Å². The summed E-state index contributed by atoms with van der Waals surface area (Å²) >= 11 is 1.67. The zero-order valence-corrected chi connectivity index (χ0v) is 14.6. The third kappa shape index (κ3) is 5.64. The van der Waals surface area contributed by atoms with Crippen molar-refractivity contribution < 1.29 is 9.53 Å². The van der Waals surface area contributed by atoms with Gasteiger partial charge in [0, 0.05) is 18.0 Å². The number of nitrogens with one attached hydrogen (secondary N) is 1. The van der Waals surface area contributed by atoms with E-state index in [1.54, 1.807) is 11.3 Å². The highest BCUT2D eigenvalue weighted by Gasteiger charge is 2.11. The third-order valence-corrected chi connectivity index (χ3v) is 4.39. The fourth-order valence-electron chi connectivity index (χ4n) is 2.22. The van der Waals surface area contributed by atoms with Crippen molar-refractivity contribution in [3.05, 3.63) is 52.2 Å². The number of hydrogen-bond donors (Lipinski definition) is 1. The first-order chi connectivity index (χ1) is 11.7. The molecule has 1 aromatic carbocycles. The molecule has 0 unspecified atom stereocenters. The minimum absolute atomic E-state index is 0.0279. The van der Waals surface area contributed by atoms with E-state index >= 15 is 0 Å². The van der Waals surface area contributed by atoms with Crippen molar-refractivity contribution in [2.24, 2.45) is 0 Å². The maximum absolute atomic E-state index is 12.2. The van der Waals surface area contributed by atoms with Crippen LogP contribution in [0, 0.1) is 12.3 Å². The number of ether oxygens (including phenoxy) is 1. The Kier molecular flexibility index (Phi) is 7.19. The molecule has 0 atom stereocenters. The summed E-state index contributed by atoms with van der Waals surface area (Å²) in [5.74, 6) is 3.19. The maximum Gasteiger partial charge on any atom is 0.317 e. The van der Waals surface area contributed by atoms with Crippen molar-refractivity contribution in [1.29, 1.82) is 0 Å². The highest BCUT2D eigenvalue weighted by atomic mass is 32.1. The van der Waals surface area contributed by atoms with Crippen LogP contribution in [0.1, 0.15) is 17.4 Å². The van der Waals surface area contributed by atoms with Gasteiger partial charge in [-0.15, -0.1) is 17.8 Å². The smallest absolute Gasteiger partial charge is 0.317 e. The number of thiophene rings is 1. The summed E-state index contributed by atoms with van der Waals surface area (Å²) in [6, 6.07) is 11.8. The Morgan fingerprint density at radius 1 is 1.33 bits per heavy atom. The van der Waals surface area contributed by atoms with Gasteiger partial charge in [-0.2, -0.15) is 0 Å². The van der Waals surface area contributed by atoms with Gasteiger partial charge in [0.05, 0.1) is 6.54 Å². The zero-order chi connectivity index (χ0) is 17.2. The van der Waals surface area contributed by atoms with E-state index in [0.717, 1.165) is 17.7 Å². The molecule has 2 amide bonds. The number of rotatable bonds is 8. The molecule has 2 aromatic rings. The molecule has 4 nitrogen and oxygen atoms in total. The van der Waals surface area contributed by atoms with E-state index in [9.17, 15) is 4.79 Å². The van der Waals surface area contributed by atoms with Gasteiger partial charge < -0.3 is 15.0 Å². The van der Waals surface area contributed by atoms with E-state index in [-0.39, 0.29) is 12.6 Å². The standard InChI is InChI=1S/C19H22N2O2S/c1-3-13-23-17-9-7-16(8-10-17)11-12-20-19(22)21(4-2)15-18-6-5-14-24-18/h1,5-10,14H,4,11-13,15H2,2H3,(H,20,22). The molecule has 1 heterocycles.